The molecule has 0 aliphatic heterocycles. The molecule has 0 aromatic heterocycles. The van der Waals surface area contributed by atoms with E-state index in [0.717, 1.165) is 6.42 Å². The summed E-state index contributed by atoms with van der Waals surface area (Å²) >= 11 is 0. The van der Waals surface area contributed by atoms with Gasteiger partial charge in [-0.3, -0.25) is 0 Å². The summed E-state index contributed by atoms with van der Waals surface area (Å²) in [6.45, 7) is 5.20. The van der Waals surface area contributed by atoms with Crippen LogP contribution in [0.3, 0.4) is 0 Å². The second-order valence-electron chi connectivity index (χ2n) is 2.93. The lowest BCUT2D eigenvalue weighted by molar-refractivity contribution is -0.0940. The lowest BCUT2D eigenvalue weighted by Crippen LogP contribution is -2.12. The summed E-state index contributed by atoms with van der Waals surface area (Å²) in [4.78, 5) is 0. The number of allylic oxidation sites excluding steroid dienone is 2. The maximum Gasteiger partial charge on any atom is 0.412 e. The van der Waals surface area contributed by atoms with Crippen LogP contribution in [0.5, 0.6) is 0 Å². The van der Waals surface area contributed by atoms with E-state index in [1.807, 2.05) is 6.92 Å². The van der Waals surface area contributed by atoms with Gasteiger partial charge in [0.1, 0.15) is 0 Å². The maximum atomic E-state index is 12.1. The van der Waals surface area contributed by atoms with Crippen molar-refractivity contribution in [1.82, 2.24) is 0 Å². The van der Waals surface area contributed by atoms with E-state index in [1.165, 1.54) is 13.0 Å². The highest BCUT2D eigenvalue weighted by molar-refractivity contribution is 5.09. The fourth-order valence-corrected chi connectivity index (χ4v) is 0.874. The minimum absolute atomic E-state index is 0.0153. The first kappa shape index (κ1) is 11.5. The molecule has 0 spiro atoms. The minimum atomic E-state index is -4.14. The van der Waals surface area contributed by atoms with Crippen LogP contribution in [-0.2, 0) is 0 Å². The smallest absolute Gasteiger partial charge is 0.166 e. The van der Waals surface area contributed by atoms with Crippen molar-refractivity contribution in [3.05, 3.63) is 11.6 Å². The minimum Gasteiger partial charge on any atom is -0.166 e. The van der Waals surface area contributed by atoms with Gasteiger partial charge >= 0.3 is 6.18 Å². The Morgan fingerprint density at radius 3 is 2.08 bits per heavy atom. The van der Waals surface area contributed by atoms with Crippen molar-refractivity contribution in [3.63, 3.8) is 0 Å². The molecule has 0 aliphatic rings. The molecule has 0 amide bonds. The Bertz CT molecular complexity index is 156. The number of halogens is 3. The predicted octanol–water partition coefficient (Wildman–Crippen LogP) is 3.93. The summed E-state index contributed by atoms with van der Waals surface area (Å²) in [6, 6.07) is 0. The molecule has 0 saturated carbocycles. The fraction of sp³-hybridized carbons (Fsp3) is 0.778. The largest absolute Gasteiger partial charge is 0.412 e. The lowest BCUT2D eigenvalue weighted by Gasteiger charge is -2.11. The van der Waals surface area contributed by atoms with Crippen molar-refractivity contribution < 1.29 is 13.2 Å². The Kier molecular flexibility index (Phi) is 4.35. The summed E-state index contributed by atoms with van der Waals surface area (Å²) in [5.41, 5.74) is -0.406. The summed E-state index contributed by atoms with van der Waals surface area (Å²) in [7, 11) is 0. The van der Waals surface area contributed by atoms with Crippen LogP contribution in [0.1, 0.15) is 33.6 Å². The second-order valence-corrected chi connectivity index (χ2v) is 2.93. The molecule has 0 saturated heterocycles. The van der Waals surface area contributed by atoms with E-state index in [2.05, 4.69) is 0 Å². The highest BCUT2D eigenvalue weighted by Crippen LogP contribution is 2.29. The highest BCUT2D eigenvalue weighted by atomic mass is 19.4. The molecular weight excluding hydrogens is 165 g/mol. The zero-order valence-electron chi connectivity index (χ0n) is 7.70. The zero-order chi connectivity index (χ0) is 9.78. The normalized spacial score (nSPS) is 16.3. The molecule has 1 atom stereocenters. The summed E-state index contributed by atoms with van der Waals surface area (Å²) < 4.78 is 36.4. The molecule has 0 nitrogen and oxygen atoms in total. The summed E-state index contributed by atoms with van der Waals surface area (Å²) in [5, 5.41) is 0. The average molecular weight is 180 g/mol. The van der Waals surface area contributed by atoms with Crippen molar-refractivity contribution in [2.24, 2.45) is 5.92 Å². The SMILES string of the molecule is CC/C(=C/C(C)CC)C(F)(F)F. The van der Waals surface area contributed by atoms with Gasteiger partial charge < -0.3 is 0 Å². The molecule has 12 heavy (non-hydrogen) atoms. The third-order valence-electron chi connectivity index (χ3n) is 1.87. The van der Waals surface area contributed by atoms with Crippen molar-refractivity contribution in [3.8, 4) is 0 Å². The molecule has 0 bridgehead atoms. The second kappa shape index (κ2) is 4.53. The van der Waals surface area contributed by atoms with E-state index in [4.69, 9.17) is 0 Å². The molecule has 0 aliphatic carbocycles. The van der Waals surface area contributed by atoms with Gasteiger partial charge in [0.25, 0.3) is 0 Å². The Morgan fingerprint density at radius 2 is 1.83 bits per heavy atom. The molecule has 3 heteroatoms. The molecule has 0 heterocycles. The predicted molar refractivity (Wildman–Crippen MR) is 43.9 cm³/mol. The first-order valence-corrected chi connectivity index (χ1v) is 4.19. The Morgan fingerprint density at radius 1 is 1.33 bits per heavy atom. The molecule has 0 rings (SSSR count). The van der Waals surface area contributed by atoms with Crippen LogP contribution < -0.4 is 0 Å². The van der Waals surface area contributed by atoms with Gasteiger partial charge in [-0.05, 0) is 12.3 Å². The van der Waals surface area contributed by atoms with Crippen LogP contribution in [0.2, 0.25) is 0 Å². The zero-order valence-corrected chi connectivity index (χ0v) is 7.70. The van der Waals surface area contributed by atoms with Gasteiger partial charge in [-0.25, -0.2) is 0 Å². The molecule has 0 fully saturated rings. The number of hydrogen-bond acceptors (Lipinski definition) is 0. The number of hydrogen-bond donors (Lipinski definition) is 0. The van der Waals surface area contributed by atoms with E-state index < -0.39 is 11.7 Å². The van der Waals surface area contributed by atoms with Gasteiger partial charge in [0.05, 0.1) is 0 Å². The molecule has 0 radical (unpaired) electrons. The standard InChI is InChI=1S/C9H15F3/c1-4-7(3)6-8(5-2)9(10,11)12/h6-7H,4-5H2,1-3H3/b8-6-. The molecule has 1 unspecified atom stereocenters. The first-order chi connectivity index (χ1) is 5.41. The van der Waals surface area contributed by atoms with Crippen LogP contribution in [0.4, 0.5) is 13.2 Å². The maximum absolute atomic E-state index is 12.1. The third kappa shape index (κ3) is 3.79. The highest BCUT2D eigenvalue weighted by Gasteiger charge is 2.31. The van der Waals surface area contributed by atoms with Gasteiger partial charge in [0.2, 0.25) is 0 Å². The quantitative estimate of drug-likeness (QED) is 0.577. The van der Waals surface area contributed by atoms with E-state index in [0.29, 0.717) is 0 Å². The van der Waals surface area contributed by atoms with Crippen LogP contribution in [0, 0.1) is 5.92 Å². The monoisotopic (exact) mass is 180 g/mol. The number of rotatable bonds is 3. The average Bonchev–Trinajstić information content (AvgIpc) is 1.97. The van der Waals surface area contributed by atoms with Crippen LogP contribution in [0.15, 0.2) is 11.6 Å². The van der Waals surface area contributed by atoms with Gasteiger partial charge in [-0.1, -0.05) is 33.3 Å². The first-order valence-electron chi connectivity index (χ1n) is 4.19. The third-order valence-corrected chi connectivity index (χ3v) is 1.87. The van der Waals surface area contributed by atoms with E-state index in [1.54, 1.807) is 6.92 Å². The summed E-state index contributed by atoms with van der Waals surface area (Å²) in [5.74, 6) is 0.0153. The summed E-state index contributed by atoms with van der Waals surface area (Å²) in [6.07, 6.45) is -2.01. The molecule has 0 N–H and O–H groups in total. The Balaban J connectivity index is 4.44. The van der Waals surface area contributed by atoms with Crippen LogP contribution in [0.25, 0.3) is 0 Å². The number of alkyl halides is 3. The van der Waals surface area contributed by atoms with Gasteiger partial charge in [-0.2, -0.15) is 13.2 Å². The van der Waals surface area contributed by atoms with Gasteiger partial charge in [0, 0.05) is 5.57 Å². The fourth-order valence-electron chi connectivity index (χ4n) is 0.874. The molecule has 0 aromatic carbocycles. The van der Waals surface area contributed by atoms with Crippen LogP contribution in [-0.4, -0.2) is 6.18 Å². The Labute approximate surface area is 71.5 Å². The van der Waals surface area contributed by atoms with Gasteiger partial charge in [0.15, 0.2) is 0 Å². The molecule has 72 valence electrons. The molecular formula is C9H15F3. The van der Waals surface area contributed by atoms with Crippen LogP contribution >= 0.6 is 0 Å². The lowest BCUT2D eigenvalue weighted by atomic mass is 10.0. The van der Waals surface area contributed by atoms with E-state index in [9.17, 15) is 13.2 Å². The van der Waals surface area contributed by atoms with Crippen molar-refractivity contribution in [2.75, 3.05) is 0 Å². The van der Waals surface area contributed by atoms with Crippen molar-refractivity contribution in [2.45, 2.75) is 39.8 Å². The Hall–Kier alpha value is -0.470. The topological polar surface area (TPSA) is 0 Å². The van der Waals surface area contributed by atoms with Crippen molar-refractivity contribution in [1.29, 1.82) is 0 Å². The molecule has 0 aromatic rings. The van der Waals surface area contributed by atoms with E-state index in [-0.39, 0.29) is 12.3 Å². The van der Waals surface area contributed by atoms with E-state index >= 15 is 0 Å². The van der Waals surface area contributed by atoms with Gasteiger partial charge in [-0.15, -0.1) is 0 Å². The van der Waals surface area contributed by atoms with Crippen molar-refractivity contribution >= 4 is 0 Å².